The molecule has 2 rings (SSSR count). The van der Waals surface area contributed by atoms with E-state index in [2.05, 4.69) is 36.6 Å². The van der Waals surface area contributed by atoms with Gasteiger partial charge in [0.15, 0.2) is 0 Å². The zero-order valence-electron chi connectivity index (χ0n) is 13.9. The zero-order chi connectivity index (χ0) is 16.7. The molecule has 0 aromatic heterocycles. The van der Waals surface area contributed by atoms with Crippen molar-refractivity contribution in [2.24, 2.45) is 0 Å². The van der Waals surface area contributed by atoms with Gasteiger partial charge in [-0.3, -0.25) is 0 Å². The van der Waals surface area contributed by atoms with Crippen molar-refractivity contribution in [3.05, 3.63) is 60.2 Å². The van der Waals surface area contributed by atoms with Crippen LogP contribution < -0.4 is 15.4 Å². The molecule has 0 aliphatic heterocycles. The Morgan fingerprint density at radius 2 is 1.70 bits per heavy atom. The van der Waals surface area contributed by atoms with Crippen LogP contribution in [-0.2, 0) is 5.41 Å². The minimum Gasteiger partial charge on any atom is -0.494 e. The quantitative estimate of drug-likeness (QED) is 0.840. The molecule has 2 amide bonds. The van der Waals surface area contributed by atoms with Gasteiger partial charge in [0.1, 0.15) is 5.75 Å². The lowest BCUT2D eigenvalue weighted by Crippen LogP contribution is -2.38. The lowest BCUT2D eigenvalue weighted by Gasteiger charge is -2.25. The van der Waals surface area contributed by atoms with Crippen LogP contribution in [0.2, 0.25) is 0 Å². The number of hydrogen-bond acceptors (Lipinski definition) is 2. The van der Waals surface area contributed by atoms with Gasteiger partial charge < -0.3 is 15.4 Å². The molecule has 4 heteroatoms. The molecule has 0 atom stereocenters. The molecule has 0 spiro atoms. The van der Waals surface area contributed by atoms with Gasteiger partial charge in [0.05, 0.1) is 6.61 Å². The first-order valence-electron chi connectivity index (χ1n) is 7.84. The van der Waals surface area contributed by atoms with Gasteiger partial charge in [-0.25, -0.2) is 4.79 Å². The molecule has 2 N–H and O–H groups in total. The van der Waals surface area contributed by atoms with Crippen LogP contribution in [0.3, 0.4) is 0 Å². The van der Waals surface area contributed by atoms with Gasteiger partial charge in [-0.1, -0.05) is 44.2 Å². The monoisotopic (exact) mass is 312 g/mol. The first kappa shape index (κ1) is 16.9. The maximum absolute atomic E-state index is 12.0. The van der Waals surface area contributed by atoms with Gasteiger partial charge in [0.25, 0.3) is 0 Å². The summed E-state index contributed by atoms with van der Waals surface area (Å²) in [6.07, 6.45) is 0. The maximum atomic E-state index is 12.0. The summed E-state index contributed by atoms with van der Waals surface area (Å²) in [6, 6.07) is 17.3. The molecule has 0 heterocycles. The van der Waals surface area contributed by atoms with Crippen molar-refractivity contribution < 1.29 is 9.53 Å². The topological polar surface area (TPSA) is 50.4 Å². The van der Waals surface area contributed by atoms with Crippen LogP contribution in [-0.4, -0.2) is 19.2 Å². The minimum atomic E-state index is -0.210. The fourth-order valence-corrected chi connectivity index (χ4v) is 2.27. The van der Waals surface area contributed by atoms with Crippen LogP contribution in [0.1, 0.15) is 26.3 Å². The molecular weight excluding hydrogens is 288 g/mol. The summed E-state index contributed by atoms with van der Waals surface area (Å²) >= 11 is 0. The fourth-order valence-electron chi connectivity index (χ4n) is 2.27. The highest BCUT2D eigenvalue weighted by Crippen LogP contribution is 2.21. The van der Waals surface area contributed by atoms with Crippen molar-refractivity contribution in [1.29, 1.82) is 0 Å². The number of carbonyl (C=O) groups excluding carboxylic acids is 1. The van der Waals surface area contributed by atoms with Crippen LogP contribution in [0.4, 0.5) is 10.5 Å². The molecule has 4 nitrogen and oxygen atoms in total. The molecule has 2 aromatic rings. The fraction of sp³-hybridized carbons (Fsp3) is 0.316. The average molecular weight is 312 g/mol. The molecule has 0 radical (unpaired) electrons. The van der Waals surface area contributed by atoms with Crippen molar-refractivity contribution in [2.45, 2.75) is 26.2 Å². The number of rotatable bonds is 6. The molecule has 0 saturated carbocycles. The van der Waals surface area contributed by atoms with Crippen molar-refractivity contribution in [3.8, 4) is 5.75 Å². The smallest absolute Gasteiger partial charge is 0.319 e. The molecule has 122 valence electrons. The summed E-state index contributed by atoms with van der Waals surface area (Å²) in [5.41, 5.74) is 1.81. The number of hydrogen-bond donors (Lipinski definition) is 2. The largest absolute Gasteiger partial charge is 0.494 e. The number of nitrogens with one attached hydrogen (secondary N) is 2. The third-order valence-corrected chi connectivity index (χ3v) is 3.67. The first-order valence-corrected chi connectivity index (χ1v) is 7.84. The highest BCUT2D eigenvalue weighted by atomic mass is 16.5. The average Bonchev–Trinajstić information content (AvgIpc) is 2.56. The Morgan fingerprint density at radius 1 is 1.04 bits per heavy atom. The van der Waals surface area contributed by atoms with Crippen LogP contribution in [0.25, 0.3) is 0 Å². The normalized spacial score (nSPS) is 10.9. The third kappa shape index (κ3) is 5.02. The van der Waals surface area contributed by atoms with Crippen LogP contribution in [0.5, 0.6) is 5.75 Å². The molecular formula is C19H24N2O2. The van der Waals surface area contributed by atoms with Gasteiger partial charge in [-0.2, -0.15) is 0 Å². The number of amides is 2. The van der Waals surface area contributed by atoms with E-state index in [1.54, 1.807) is 0 Å². The van der Waals surface area contributed by atoms with E-state index in [4.69, 9.17) is 4.74 Å². The molecule has 0 aliphatic carbocycles. The number of anilines is 1. The van der Waals surface area contributed by atoms with Crippen molar-refractivity contribution in [2.75, 3.05) is 18.5 Å². The van der Waals surface area contributed by atoms with E-state index >= 15 is 0 Å². The number of urea groups is 1. The van der Waals surface area contributed by atoms with E-state index in [0.29, 0.717) is 13.2 Å². The summed E-state index contributed by atoms with van der Waals surface area (Å²) in [7, 11) is 0. The third-order valence-electron chi connectivity index (χ3n) is 3.67. The van der Waals surface area contributed by atoms with Gasteiger partial charge in [0, 0.05) is 17.6 Å². The van der Waals surface area contributed by atoms with Crippen LogP contribution >= 0.6 is 0 Å². The standard InChI is InChI=1S/C19H24N2O2/c1-4-23-17-12-10-16(11-13-17)21-18(22)20-14-19(2,3)15-8-6-5-7-9-15/h5-13H,4,14H2,1-3H3,(H2,20,21,22). The lowest BCUT2D eigenvalue weighted by atomic mass is 9.85. The van der Waals surface area contributed by atoms with E-state index < -0.39 is 0 Å². The lowest BCUT2D eigenvalue weighted by molar-refractivity contribution is 0.249. The van der Waals surface area contributed by atoms with Gasteiger partial charge in [0.2, 0.25) is 0 Å². The second-order valence-electron chi connectivity index (χ2n) is 6.01. The van der Waals surface area contributed by atoms with Crippen LogP contribution in [0, 0.1) is 0 Å². The van der Waals surface area contributed by atoms with E-state index in [0.717, 1.165) is 11.4 Å². The second kappa shape index (κ2) is 7.68. The molecule has 0 unspecified atom stereocenters. The van der Waals surface area contributed by atoms with Gasteiger partial charge in [-0.05, 0) is 36.8 Å². The molecule has 0 saturated heterocycles. The molecule has 23 heavy (non-hydrogen) atoms. The Morgan fingerprint density at radius 3 is 2.30 bits per heavy atom. The van der Waals surface area contributed by atoms with E-state index in [1.165, 1.54) is 5.56 Å². The highest BCUT2D eigenvalue weighted by molar-refractivity contribution is 5.89. The zero-order valence-corrected chi connectivity index (χ0v) is 13.9. The van der Waals surface area contributed by atoms with E-state index in [-0.39, 0.29) is 11.4 Å². The Hall–Kier alpha value is -2.49. The molecule has 0 fully saturated rings. The minimum absolute atomic E-state index is 0.128. The number of ether oxygens (including phenoxy) is 1. The van der Waals surface area contributed by atoms with Gasteiger partial charge in [-0.15, -0.1) is 0 Å². The van der Waals surface area contributed by atoms with E-state index in [9.17, 15) is 4.79 Å². The highest BCUT2D eigenvalue weighted by Gasteiger charge is 2.20. The maximum Gasteiger partial charge on any atom is 0.319 e. The summed E-state index contributed by atoms with van der Waals surface area (Å²) < 4.78 is 5.38. The Kier molecular flexibility index (Phi) is 5.63. The van der Waals surface area contributed by atoms with Crippen LogP contribution in [0.15, 0.2) is 54.6 Å². The first-order chi connectivity index (χ1) is 11.0. The molecule has 2 aromatic carbocycles. The second-order valence-corrected chi connectivity index (χ2v) is 6.01. The van der Waals surface area contributed by atoms with Gasteiger partial charge >= 0.3 is 6.03 Å². The number of carbonyl (C=O) groups is 1. The Labute approximate surface area is 137 Å². The Balaban J connectivity index is 1.87. The van der Waals surface area contributed by atoms with Crippen molar-refractivity contribution in [3.63, 3.8) is 0 Å². The van der Waals surface area contributed by atoms with Crippen molar-refractivity contribution in [1.82, 2.24) is 5.32 Å². The molecule has 0 aliphatic rings. The predicted octanol–water partition coefficient (Wildman–Crippen LogP) is 4.18. The SMILES string of the molecule is CCOc1ccc(NC(=O)NCC(C)(C)c2ccccc2)cc1. The summed E-state index contributed by atoms with van der Waals surface area (Å²) in [4.78, 5) is 12.0. The summed E-state index contributed by atoms with van der Waals surface area (Å²) in [6.45, 7) is 7.34. The Bertz CT molecular complexity index is 622. The summed E-state index contributed by atoms with van der Waals surface area (Å²) in [5, 5.41) is 5.76. The van der Waals surface area contributed by atoms with E-state index in [1.807, 2.05) is 49.4 Å². The van der Waals surface area contributed by atoms with Crippen molar-refractivity contribution >= 4 is 11.7 Å². The molecule has 0 bridgehead atoms. The number of benzene rings is 2. The predicted molar refractivity (Wildman–Crippen MR) is 94.1 cm³/mol. The summed E-state index contributed by atoms with van der Waals surface area (Å²) in [5.74, 6) is 0.795.